The van der Waals surface area contributed by atoms with Crippen molar-refractivity contribution < 1.29 is 22.7 Å². The maximum absolute atomic E-state index is 13.2. The molecule has 2 fully saturated rings. The van der Waals surface area contributed by atoms with Crippen LogP contribution in [0.25, 0.3) is 10.9 Å². The Morgan fingerprint density at radius 2 is 1.94 bits per heavy atom. The zero-order chi connectivity index (χ0) is 22.2. The van der Waals surface area contributed by atoms with Gasteiger partial charge in [0.05, 0.1) is 18.1 Å². The molecular weight excluding hydrogens is 422 g/mol. The first-order valence-electron chi connectivity index (χ1n) is 10.5. The van der Waals surface area contributed by atoms with Crippen LogP contribution in [0.4, 0.5) is 0 Å². The van der Waals surface area contributed by atoms with E-state index in [0.717, 1.165) is 6.42 Å². The minimum Gasteiger partial charge on any atom is -0.360 e. The first-order valence-corrected chi connectivity index (χ1v) is 11.9. The number of sulfonamides is 1. The molecule has 0 saturated carbocycles. The number of aromatic nitrogens is 1. The van der Waals surface area contributed by atoms with Crippen molar-refractivity contribution in [3.05, 3.63) is 40.2 Å². The summed E-state index contributed by atoms with van der Waals surface area (Å²) in [5.74, 6) is -1.16. The number of pyridine rings is 1. The van der Waals surface area contributed by atoms with Crippen molar-refractivity contribution in [3.8, 4) is 0 Å². The number of fused-ring (bicyclic) bond motifs is 1. The van der Waals surface area contributed by atoms with E-state index in [-0.39, 0.29) is 35.0 Å². The van der Waals surface area contributed by atoms with Crippen LogP contribution in [-0.4, -0.2) is 61.7 Å². The Kier molecular flexibility index (Phi) is 5.91. The number of amides is 1. The lowest BCUT2D eigenvalue weighted by Gasteiger charge is -2.36. The number of benzene rings is 1. The Morgan fingerprint density at radius 1 is 1.26 bits per heavy atom. The van der Waals surface area contributed by atoms with E-state index in [1.54, 1.807) is 6.07 Å². The second kappa shape index (κ2) is 8.34. The molecule has 1 aromatic carbocycles. The van der Waals surface area contributed by atoms with E-state index in [2.05, 4.69) is 10.3 Å². The fourth-order valence-electron chi connectivity index (χ4n) is 3.93. The van der Waals surface area contributed by atoms with Crippen molar-refractivity contribution >= 4 is 26.8 Å². The second-order valence-electron chi connectivity index (χ2n) is 8.03. The monoisotopic (exact) mass is 449 g/mol. The molecule has 0 radical (unpaired) electrons. The fourth-order valence-corrected chi connectivity index (χ4v) is 5.40. The molecule has 2 saturated heterocycles. The lowest BCUT2D eigenvalue weighted by molar-refractivity contribution is -0.179. The average Bonchev–Trinajstić information content (AvgIpc) is 3.21. The van der Waals surface area contributed by atoms with E-state index >= 15 is 0 Å². The number of hydrogen-bond acceptors (Lipinski definition) is 6. The van der Waals surface area contributed by atoms with Gasteiger partial charge in [0.2, 0.25) is 15.5 Å². The van der Waals surface area contributed by atoms with Crippen LogP contribution in [0.2, 0.25) is 0 Å². The predicted octanol–water partition coefficient (Wildman–Crippen LogP) is 1.58. The summed E-state index contributed by atoms with van der Waals surface area (Å²) >= 11 is 0. The van der Waals surface area contributed by atoms with E-state index in [9.17, 15) is 18.0 Å². The molecule has 2 aliphatic rings. The zero-order valence-electron chi connectivity index (χ0n) is 17.6. The van der Waals surface area contributed by atoms with E-state index < -0.39 is 27.1 Å². The van der Waals surface area contributed by atoms with Gasteiger partial charge in [-0.3, -0.25) is 9.59 Å². The lowest BCUT2D eigenvalue weighted by Crippen LogP contribution is -2.47. The Balaban J connectivity index is 1.62. The van der Waals surface area contributed by atoms with Gasteiger partial charge in [0, 0.05) is 49.1 Å². The summed E-state index contributed by atoms with van der Waals surface area (Å²) in [5.41, 5.74) is -0.0795. The summed E-state index contributed by atoms with van der Waals surface area (Å²) in [7, 11) is -3.80. The van der Waals surface area contributed by atoms with Crippen LogP contribution in [0, 0.1) is 0 Å². The molecule has 2 aromatic rings. The van der Waals surface area contributed by atoms with Gasteiger partial charge in [-0.2, -0.15) is 4.31 Å². The van der Waals surface area contributed by atoms with Crippen molar-refractivity contribution in [2.75, 3.05) is 26.3 Å². The van der Waals surface area contributed by atoms with Crippen LogP contribution in [0.3, 0.4) is 0 Å². The van der Waals surface area contributed by atoms with Gasteiger partial charge in [0.15, 0.2) is 5.79 Å². The standard InChI is InChI=1S/C21H27N3O6S/c1-3-14(2)23-20(26)17-13-22-18-5-4-15(12-16(18)19(17)25)31(27,28)24-8-6-21(7-9-24)29-10-11-30-21/h4-5,12-14H,3,6-11H2,1-2H3,(H,22,25)(H,23,26). The quantitative estimate of drug-likeness (QED) is 0.716. The van der Waals surface area contributed by atoms with E-state index in [1.165, 1.54) is 22.6 Å². The molecule has 1 aromatic heterocycles. The first-order chi connectivity index (χ1) is 14.8. The Hall–Kier alpha value is -2.27. The van der Waals surface area contributed by atoms with Crippen molar-refractivity contribution in [2.45, 2.75) is 49.8 Å². The molecule has 10 heteroatoms. The van der Waals surface area contributed by atoms with Crippen LogP contribution in [0.15, 0.2) is 34.1 Å². The maximum atomic E-state index is 13.2. The average molecular weight is 450 g/mol. The van der Waals surface area contributed by atoms with Crippen LogP contribution in [0.1, 0.15) is 43.5 Å². The van der Waals surface area contributed by atoms with Crippen molar-refractivity contribution in [3.63, 3.8) is 0 Å². The first kappa shape index (κ1) is 21.9. The maximum Gasteiger partial charge on any atom is 0.256 e. The number of rotatable bonds is 5. The largest absolute Gasteiger partial charge is 0.360 e. The van der Waals surface area contributed by atoms with Gasteiger partial charge in [0.25, 0.3) is 5.91 Å². The summed E-state index contributed by atoms with van der Waals surface area (Å²) in [6.45, 7) is 5.37. The van der Waals surface area contributed by atoms with Crippen LogP contribution < -0.4 is 10.7 Å². The molecule has 1 atom stereocenters. The van der Waals surface area contributed by atoms with Gasteiger partial charge in [-0.15, -0.1) is 0 Å². The molecule has 2 N–H and O–H groups in total. The number of nitrogens with one attached hydrogen (secondary N) is 2. The van der Waals surface area contributed by atoms with Gasteiger partial charge >= 0.3 is 0 Å². The van der Waals surface area contributed by atoms with Crippen molar-refractivity contribution in [1.29, 1.82) is 0 Å². The molecule has 0 bridgehead atoms. The molecule has 31 heavy (non-hydrogen) atoms. The number of H-pyrrole nitrogens is 1. The molecule has 9 nitrogen and oxygen atoms in total. The highest BCUT2D eigenvalue weighted by Gasteiger charge is 2.42. The number of hydrogen-bond donors (Lipinski definition) is 2. The Morgan fingerprint density at radius 3 is 2.58 bits per heavy atom. The number of nitrogens with zero attached hydrogens (tertiary/aromatic N) is 1. The summed E-state index contributed by atoms with van der Waals surface area (Å²) in [6.07, 6.45) is 3.01. The summed E-state index contributed by atoms with van der Waals surface area (Å²) in [5, 5.41) is 2.92. The molecule has 1 amide bonds. The third-order valence-corrected chi connectivity index (χ3v) is 7.92. The zero-order valence-corrected chi connectivity index (χ0v) is 18.5. The normalized spacial score (nSPS) is 20.2. The van der Waals surface area contributed by atoms with Crippen LogP contribution in [0.5, 0.6) is 0 Å². The third-order valence-electron chi connectivity index (χ3n) is 6.02. The van der Waals surface area contributed by atoms with Gasteiger partial charge in [0.1, 0.15) is 5.56 Å². The summed E-state index contributed by atoms with van der Waals surface area (Å²) in [6, 6.07) is 4.29. The second-order valence-corrected chi connectivity index (χ2v) is 9.97. The van der Waals surface area contributed by atoms with E-state index in [0.29, 0.717) is 31.6 Å². The smallest absolute Gasteiger partial charge is 0.256 e. The minimum absolute atomic E-state index is 0.0224. The molecule has 3 heterocycles. The molecule has 4 rings (SSSR count). The van der Waals surface area contributed by atoms with Gasteiger partial charge in [-0.05, 0) is 31.5 Å². The minimum atomic E-state index is -3.80. The summed E-state index contributed by atoms with van der Waals surface area (Å²) < 4.78 is 39.1. The number of piperidine rings is 1. The highest BCUT2D eigenvalue weighted by molar-refractivity contribution is 7.89. The predicted molar refractivity (Wildman–Crippen MR) is 114 cm³/mol. The Bertz CT molecular complexity index is 1140. The summed E-state index contributed by atoms with van der Waals surface area (Å²) in [4.78, 5) is 28.3. The molecule has 1 unspecified atom stereocenters. The lowest BCUT2D eigenvalue weighted by atomic mass is 10.1. The third kappa shape index (κ3) is 4.12. The van der Waals surface area contributed by atoms with E-state index in [4.69, 9.17) is 9.47 Å². The highest BCUT2D eigenvalue weighted by Crippen LogP contribution is 2.33. The Labute approximate surface area is 180 Å². The number of carbonyl (C=O) groups excluding carboxylic acids is 1. The highest BCUT2D eigenvalue weighted by atomic mass is 32.2. The van der Waals surface area contributed by atoms with Gasteiger partial charge in [-0.1, -0.05) is 6.92 Å². The van der Waals surface area contributed by atoms with Crippen molar-refractivity contribution in [2.24, 2.45) is 0 Å². The molecule has 0 aliphatic carbocycles. The molecule has 1 spiro atoms. The SMILES string of the molecule is CCC(C)NC(=O)c1c[nH]c2ccc(S(=O)(=O)N3CCC4(CC3)OCCO4)cc2c1=O. The molecular formula is C21H27N3O6S. The van der Waals surface area contributed by atoms with Gasteiger partial charge in [-0.25, -0.2) is 8.42 Å². The molecule has 2 aliphatic heterocycles. The number of aromatic amines is 1. The fraction of sp³-hybridized carbons (Fsp3) is 0.524. The number of carbonyl (C=O) groups is 1. The van der Waals surface area contributed by atoms with E-state index in [1.807, 2.05) is 13.8 Å². The van der Waals surface area contributed by atoms with Crippen LogP contribution >= 0.6 is 0 Å². The molecule has 168 valence electrons. The van der Waals surface area contributed by atoms with Crippen LogP contribution in [-0.2, 0) is 19.5 Å². The van der Waals surface area contributed by atoms with Gasteiger partial charge < -0.3 is 19.8 Å². The topological polar surface area (TPSA) is 118 Å². The number of ether oxygens (including phenoxy) is 2. The van der Waals surface area contributed by atoms with Crippen molar-refractivity contribution in [1.82, 2.24) is 14.6 Å².